The molecule has 0 radical (unpaired) electrons. The summed E-state index contributed by atoms with van der Waals surface area (Å²) >= 11 is 0. The van der Waals surface area contributed by atoms with Gasteiger partial charge in [-0.25, -0.2) is 23.1 Å². The molecule has 2 aromatic carbocycles. The number of rotatable bonds is 7. The molecule has 0 unspecified atom stereocenters. The number of methoxy groups -OCH3 is 1. The monoisotopic (exact) mass is 543 g/mol. The van der Waals surface area contributed by atoms with E-state index in [1.165, 1.54) is 18.9 Å². The molecular formula is C25H27F6N5O2. The highest BCUT2D eigenvalue weighted by atomic mass is 19.4. The Kier molecular flexibility index (Phi) is 7.26. The lowest BCUT2D eigenvalue weighted by Gasteiger charge is -2.21. The van der Waals surface area contributed by atoms with E-state index in [1.54, 1.807) is 26.1 Å². The molecular weight excluding hydrogens is 516 g/mol. The quantitative estimate of drug-likeness (QED) is 0.297. The van der Waals surface area contributed by atoms with E-state index in [-0.39, 0.29) is 42.4 Å². The Morgan fingerprint density at radius 3 is 2.50 bits per heavy atom. The number of ether oxygens (including phenoxy) is 2. The number of hydrogen-bond acceptors (Lipinski definition) is 7. The Morgan fingerprint density at radius 2 is 1.89 bits per heavy atom. The van der Waals surface area contributed by atoms with Gasteiger partial charge in [0.25, 0.3) is 5.92 Å². The zero-order valence-corrected chi connectivity index (χ0v) is 21.1. The van der Waals surface area contributed by atoms with E-state index in [4.69, 9.17) is 15.2 Å². The maximum absolute atomic E-state index is 14.9. The Morgan fingerprint density at radius 1 is 1.18 bits per heavy atom. The number of aromatic nitrogens is 2. The first-order valence-corrected chi connectivity index (χ1v) is 11.7. The minimum Gasteiger partial charge on any atom is -0.493 e. The molecule has 13 heteroatoms. The highest BCUT2D eigenvalue weighted by Gasteiger charge is 2.43. The van der Waals surface area contributed by atoms with Crippen molar-refractivity contribution in [3.63, 3.8) is 0 Å². The third kappa shape index (κ3) is 5.66. The lowest BCUT2D eigenvalue weighted by Crippen LogP contribution is -2.30. The van der Waals surface area contributed by atoms with E-state index < -0.39 is 35.6 Å². The molecule has 2 heterocycles. The molecule has 0 bridgehead atoms. The van der Waals surface area contributed by atoms with Gasteiger partial charge in [-0.15, -0.1) is 0 Å². The largest absolute Gasteiger partial charge is 0.493 e. The molecule has 2 atom stereocenters. The number of nitrogens with zero attached hydrogens (tertiary/aromatic N) is 3. The number of alkyl halides is 5. The van der Waals surface area contributed by atoms with Gasteiger partial charge in [0.15, 0.2) is 11.5 Å². The van der Waals surface area contributed by atoms with Crippen molar-refractivity contribution in [3.05, 3.63) is 47.0 Å². The number of nitrogens with one attached hydrogen (secondary N) is 1. The summed E-state index contributed by atoms with van der Waals surface area (Å²) < 4.78 is 93.6. The first kappa shape index (κ1) is 27.6. The number of benzene rings is 2. The predicted molar refractivity (Wildman–Crippen MR) is 130 cm³/mol. The topological polar surface area (TPSA) is 85.5 Å². The number of anilines is 2. The number of fused-ring (bicyclic) bond motifs is 1. The second-order valence-corrected chi connectivity index (χ2v) is 9.42. The fraction of sp³-hybridized carbons (Fsp3) is 0.440. The molecule has 3 N–H and O–H groups in total. The van der Waals surface area contributed by atoms with Gasteiger partial charge in [0.2, 0.25) is 0 Å². The summed E-state index contributed by atoms with van der Waals surface area (Å²) in [7, 11) is 3.01. The van der Waals surface area contributed by atoms with Gasteiger partial charge >= 0.3 is 6.18 Å². The molecule has 38 heavy (non-hydrogen) atoms. The summed E-state index contributed by atoms with van der Waals surface area (Å²) in [6.45, 7) is 2.68. The molecule has 1 fully saturated rings. The van der Waals surface area contributed by atoms with Gasteiger partial charge < -0.3 is 20.5 Å². The van der Waals surface area contributed by atoms with E-state index >= 15 is 0 Å². The van der Waals surface area contributed by atoms with Crippen molar-refractivity contribution in [2.45, 2.75) is 44.5 Å². The smallest absolute Gasteiger partial charge is 0.419 e. The third-order valence-electron chi connectivity index (χ3n) is 6.41. The molecule has 0 saturated carbocycles. The van der Waals surface area contributed by atoms with Crippen LogP contribution in [0.5, 0.6) is 11.5 Å². The minimum absolute atomic E-state index is 0.0332. The van der Waals surface area contributed by atoms with Crippen molar-refractivity contribution in [1.29, 1.82) is 0 Å². The van der Waals surface area contributed by atoms with E-state index in [2.05, 4.69) is 15.3 Å². The average molecular weight is 544 g/mol. The van der Waals surface area contributed by atoms with Crippen LogP contribution in [0.25, 0.3) is 10.9 Å². The zero-order valence-electron chi connectivity index (χ0n) is 21.1. The highest BCUT2D eigenvalue weighted by Crippen LogP contribution is 2.39. The van der Waals surface area contributed by atoms with Gasteiger partial charge in [-0.2, -0.15) is 13.2 Å². The molecule has 4 rings (SSSR count). The van der Waals surface area contributed by atoms with E-state index in [0.29, 0.717) is 28.5 Å². The summed E-state index contributed by atoms with van der Waals surface area (Å²) in [4.78, 5) is 10.2. The Hall–Kier alpha value is -3.48. The second kappa shape index (κ2) is 10.0. The zero-order chi connectivity index (χ0) is 28.0. The molecule has 1 aliphatic rings. The van der Waals surface area contributed by atoms with E-state index in [9.17, 15) is 26.3 Å². The van der Waals surface area contributed by atoms with Gasteiger partial charge in [0.1, 0.15) is 24.1 Å². The number of aryl methyl sites for hydroxylation is 1. The summed E-state index contributed by atoms with van der Waals surface area (Å²) in [5.41, 5.74) is 4.05. The lowest BCUT2D eigenvalue weighted by molar-refractivity contribution is -0.140. The molecule has 7 nitrogen and oxygen atoms in total. The van der Waals surface area contributed by atoms with Gasteiger partial charge in [-0.05, 0) is 39.1 Å². The van der Waals surface area contributed by atoms with E-state index in [1.807, 2.05) is 0 Å². The van der Waals surface area contributed by atoms with Crippen LogP contribution < -0.4 is 20.5 Å². The molecule has 3 aromatic rings. The van der Waals surface area contributed by atoms with E-state index in [0.717, 1.165) is 6.07 Å². The Bertz CT molecular complexity index is 1350. The molecule has 1 aliphatic heterocycles. The molecule has 0 aliphatic carbocycles. The number of nitrogen functional groups attached to an aromatic ring is 1. The molecule has 0 spiro atoms. The Labute approximate surface area is 214 Å². The maximum Gasteiger partial charge on any atom is 0.419 e. The summed E-state index contributed by atoms with van der Waals surface area (Å²) in [6.07, 6.45) is -5.27. The number of nitrogens with two attached hydrogens (primary N) is 1. The van der Waals surface area contributed by atoms with Crippen molar-refractivity contribution >= 4 is 22.4 Å². The van der Waals surface area contributed by atoms with Gasteiger partial charge in [0.05, 0.1) is 30.8 Å². The summed E-state index contributed by atoms with van der Waals surface area (Å²) in [6, 6.07) is 3.30. The van der Waals surface area contributed by atoms with Crippen LogP contribution in [0.1, 0.15) is 36.3 Å². The van der Waals surface area contributed by atoms with Crippen molar-refractivity contribution in [2.75, 3.05) is 38.4 Å². The fourth-order valence-electron chi connectivity index (χ4n) is 4.54. The fourth-order valence-corrected chi connectivity index (χ4v) is 4.54. The summed E-state index contributed by atoms with van der Waals surface area (Å²) in [5, 5.41) is 3.36. The van der Waals surface area contributed by atoms with Crippen LogP contribution in [-0.4, -0.2) is 54.1 Å². The predicted octanol–water partition coefficient (Wildman–Crippen LogP) is 5.58. The number of halogens is 6. The van der Waals surface area contributed by atoms with Crippen LogP contribution in [0.2, 0.25) is 0 Å². The molecule has 206 valence electrons. The van der Waals surface area contributed by atoms with Crippen LogP contribution in [0, 0.1) is 12.7 Å². The standard InChI is InChI=1S/C25H27F6N5O2/c1-12(16-5-14(32)6-18(22(16)26)25(29,30)31)33-23-17-7-21(20(37-4)8-19(17)34-13(2)35-23)38-10-15-9-24(27,28)11-36(15)3/h5-8,12,15H,9-11,32H2,1-4H3,(H,33,34,35)/t12-,15+/m1/s1. The highest BCUT2D eigenvalue weighted by molar-refractivity contribution is 5.92. The number of likely N-dealkylation sites (tertiary alicyclic amines) is 1. The normalized spacial score (nSPS) is 18.5. The van der Waals surface area contributed by atoms with Crippen molar-refractivity contribution in [1.82, 2.24) is 14.9 Å². The molecule has 1 aromatic heterocycles. The molecule has 1 saturated heterocycles. The van der Waals surface area contributed by atoms with Gasteiger partial charge in [-0.1, -0.05) is 0 Å². The van der Waals surface area contributed by atoms with Crippen molar-refractivity contribution < 1.29 is 35.8 Å². The van der Waals surface area contributed by atoms with Gasteiger partial charge in [0, 0.05) is 35.2 Å². The van der Waals surface area contributed by atoms with Crippen LogP contribution in [0.3, 0.4) is 0 Å². The van der Waals surface area contributed by atoms with Gasteiger partial charge in [-0.3, -0.25) is 4.90 Å². The summed E-state index contributed by atoms with van der Waals surface area (Å²) in [5.74, 6) is -3.17. The SMILES string of the molecule is COc1cc2nc(C)nc(N[C@H](C)c3cc(N)cc(C(F)(F)F)c3F)c2cc1OC[C@@H]1CC(F)(F)CN1C. The Balaban J connectivity index is 1.68. The second-order valence-electron chi connectivity index (χ2n) is 9.42. The minimum atomic E-state index is -4.92. The number of hydrogen-bond donors (Lipinski definition) is 2. The molecule has 0 amide bonds. The first-order valence-electron chi connectivity index (χ1n) is 11.7. The third-order valence-corrected chi connectivity index (χ3v) is 6.41. The van der Waals surface area contributed by atoms with Crippen LogP contribution in [0.15, 0.2) is 24.3 Å². The van der Waals surface area contributed by atoms with Crippen molar-refractivity contribution in [2.24, 2.45) is 0 Å². The maximum atomic E-state index is 14.9. The number of likely N-dealkylation sites (N-methyl/N-ethyl adjacent to an activating group) is 1. The van der Waals surface area contributed by atoms with Crippen molar-refractivity contribution in [3.8, 4) is 11.5 Å². The average Bonchev–Trinajstić information content (AvgIpc) is 3.08. The van der Waals surface area contributed by atoms with Crippen LogP contribution >= 0.6 is 0 Å². The van der Waals surface area contributed by atoms with Crippen LogP contribution in [-0.2, 0) is 6.18 Å². The lowest BCUT2D eigenvalue weighted by atomic mass is 10.0. The first-order chi connectivity index (χ1) is 17.7. The van der Waals surface area contributed by atoms with Crippen LogP contribution in [0.4, 0.5) is 37.8 Å².